The Balaban J connectivity index is 2.28. The van der Waals surface area contributed by atoms with E-state index < -0.39 is 0 Å². The van der Waals surface area contributed by atoms with Crippen LogP contribution in [0.5, 0.6) is 0 Å². The maximum atomic E-state index is 13.8. The Kier molecular flexibility index (Phi) is 4.39. The van der Waals surface area contributed by atoms with Gasteiger partial charge in [-0.3, -0.25) is 0 Å². The second-order valence-corrected chi connectivity index (χ2v) is 7.90. The highest BCUT2D eigenvalue weighted by Gasteiger charge is 2.39. The van der Waals surface area contributed by atoms with E-state index in [1.165, 1.54) is 19.3 Å². The van der Waals surface area contributed by atoms with Gasteiger partial charge in [0.2, 0.25) is 0 Å². The summed E-state index contributed by atoms with van der Waals surface area (Å²) in [7, 11) is 0. The van der Waals surface area contributed by atoms with Crippen LogP contribution in [0.15, 0.2) is 18.2 Å². The third-order valence-corrected chi connectivity index (χ3v) is 5.89. The van der Waals surface area contributed by atoms with E-state index in [1.807, 2.05) is 13.0 Å². The van der Waals surface area contributed by atoms with Crippen molar-refractivity contribution in [2.45, 2.75) is 57.2 Å². The van der Waals surface area contributed by atoms with Gasteiger partial charge in [0.05, 0.1) is 0 Å². The SMILES string of the molecule is Cc1ccc(C(C)(C)C2CCC(C)CC2Br)cc1F. The van der Waals surface area contributed by atoms with Crippen LogP contribution in [0.2, 0.25) is 0 Å². The van der Waals surface area contributed by atoms with Crippen molar-refractivity contribution >= 4 is 15.9 Å². The summed E-state index contributed by atoms with van der Waals surface area (Å²) < 4.78 is 13.8. The molecule has 1 aromatic carbocycles. The van der Waals surface area contributed by atoms with Crippen molar-refractivity contribution < 1.29 is 4.39 Å². The number of rotatable bonds is 2. The summed E-state index contributed by atoms with van der Waals surface area (Å²) in [6.45, 7) is 8.66. The monoisotopic (exact) mass is 326 g/mol. The van der Waals surface area contributed by atoms with Gasteiger partial charge in [0.25, 0.3) is 0 Å². The van der Waals surface area contributed by atoms with Gasteiger partial charge in [-0.25, -0.2) is 4.39 Å². The Bertz CT molecular complexity index is 453. The van der Waals surface area contributed by atoms with Crippen molar-refractivity contribution in [3.8, 4) is 0 Å². The highest BCUT2D eigenvalue weighted by Crippen LogP contribution is 2.45. The third kappa shape index (κ3) is 3.04. The molecular weight excluding hydrogens is 303 g/mol. The number of aryl methyl sites for hydroxylation is 1. The molecule has 1 aromatic rings. The van der Waals surface area contributed by atoms with Crippen LogP contribution in [0.25, 0.3) is 0 Å². The smallest absolute Gasteiger partial charge is 0.126 e. The topological polar surface area (TPSA) is 0 Å². The quantitative estimate of drug-likeness (QED) is 0.619. The maximum Gasteiger partial charge on any atom is 0.126 e. The molecule has 0 N–H and O–H groups in total. The minimum absolute atomic E-state index is 0.0167. The van der Waals surface area contributed by atoms with Gasteiger partial charge in [0, 0.05) is 4.83 Å². The molecule has 0 bridgehead atoms. The van der Waals surface area contributed by atoms with Gasteiger partial charge in [-0.1, -0.05) is 55.3 Å². The Morgan fingerprint density at radius 1 is 1.26 bits per heavy atom. The van der Waals surface area contributed by atoms with Crippen LogP contribution in [-0.2, 0) is 5.41 Å². The summed E-state index contributed by atoms with van der Waals surface area (Å²) in [4.78, 5) is 0.538. The predicted octanol–water partition coefficient (Wildman–Crippen LogP) is 5.61. The first-order valence-corrected chi connectivity index (χ1v) is 8.14. The van der Waals surface area contributed by atoms with Crippen molar-refractivity contribution in [3.05, 3.63) is 35.1 Å². The van der Waals surface area contributed by atoms with Crippen molar-refractivity contribution in [2.24, 2.45) is 11.8 Å². The van der Waals surface area contributed by atoms with E-state index in [9.17, 15) is 4.39 Å². The first kappa shape index (κ1) is 15.0. The van der Waals surface area contributed by atoms with Crippen LogP contribution in [0.1, 0.15) is 51.2 Å². The van der Waals surface area contributed by atoms with Crippen LogP contribution in [0, 0.1) is 24.6 Å². The van der Waals surface area contributed by atoms with Gasteiger partial charge in [-0.2, -0.15) is 0 Å². The molecule has 1 saturated carbocycles. The Hall–Kier alpha value is -0.370. The zero-order valence-electron chi connectivity index (χ0n) is 12.3. The number of hydrogen-bond donors (Lipinski definition) is 0. The minimum Gasteiger partial charge on any atom is -0.207 e. The Labute approximate surface area is 124 Å². The molecule has 0 saturated heterocycles. The van der Waals surface area contributed by atoms with Gasteiger partial charge in [-0.05, 0) is 54.2 Å². The van der Waals surface area contributed by atoms with Crippen LogP contribution in [-0.4, -0.2) is 4.83 Å². The molecule has 3 unspecified atom stereocenters. The average molecular weight is 327 g/mol. The third-order valence-electron chi connectivity index (χ3n) is 4.88. The first-order chi connectivity index (χ1) is 8.82. The van der Waals surface area contributed by atoms with Gasteiger partial charge in [0.1, 0.15) is 5.82 Å². The molecule has 2 rings (SSSR count). The standard InChI is InChI=1S/C17H24BrF/c1-11-5-8-14(15(18)9-11)17(3,4)13-7-6-12(2)16(19)10-13/h6-7,10-11,14-15H,5,8-9H2,1-4H3. The lowest BCUT2D eigenvalue weighted by Crippen LogP contribution is -2.38. The summed E-state index contributed by atoms with van der Waals surface area (Å²) in [5.41, 5.74) is 1.87. The van der Waals surface area contributed by atoms with E-state index in [2.05, 4.69) is 42.8 Å². The van der Waals surface area contributed by atoms with Gasteiger partial charge < -0.3 is 0 Å². The molecule has 0 aromatic heterocycles. The fraction of sp³-hybridized carbons (Fsp3) is 0.647. The summed E-state index contributed by atoms with van der Waals surface area (Å²) in [5, 5.41) is 0. The van der Waals surface area contributed by atoms with Gasteiger partial charge >= 0.3 is 0 Å². The second kappa shape index (κ2) is 5.55. The van der Waals surface area contributed by atoms with Crippen LogP contribution >= 0.6 is 15.9 Å². The van der Waals surface area contributed by atoms with Crippen molar-refractivity contribution in [2.75, 3.05) is 0 Å². The zero-order chi connectivity index (χ0) is 14.2. The van der Waals surface area contributed by atoms with Crippen LogP contribution in [0.4, 0.5) is 4.39 Å². The van der Waals surface area contributed by atoms with E-state index in [0.717, 1.165) is 17.0 Å². The molecule has 1 aliphatic carbocycles. The average Bonchev–Trinajstić information content (AvgIpc) is 2.32. The summed E-state index contributed by atoms with van der Waals surface area (Å²) in [6, 6.07) is 5.73. The summed E-state index contributed by atoms with van der Waals surface area (Å²) in [6.07, 6.45) is 3.73. The molecule has 3 atom stereocenters. The summed E-state index contributed by atoms with van der Waals surface area (Å²) in [5.74, 6) is 1.29. The lowest BCUT2D eigenvalue weighted by atomic mass is 9.66. The summed E-state index contributed by atoms with van der Waals surface area (Å²) >= 11 is 3.87. The number of benzene rings is 1. The fourth-order valence-electron chi connectivity index (χ4n) is 3.33. The molecule has 0 nitrogen and oxygen atoms in total. The molecule has 1 aliphatic rings. The molecule has 2 heteroatoms. The maximum absolute atomic E-state index is 13.8. The highest BCUT2D eigenvalue weighted by atomic mass is 79.9. The molecular formula is C17H24BrF. The fourth-order valence-corrected chi connectivity index (χ4v) is 4.90. The van der Waals surface area contributed by atoms with E-state index >= 15 is 0 Å². The number of alkyl halides is 1. The zero-order valence-corrected chi connectivity index (χ0v) is 13.9. The molecule has 0 spiro atoms. The van der Waals surface area contributed by atoms with E-state index in [1.54, 1.807) is 6.07 Å². The van der Waals surface area contributed by atoms with Crippen molar-refractivity contribution in [1.82, 2.24) is 0 Å². The Morgan fingerprint density at radius 3 is 2.53 bits per heavy atom. The molecule has 19 heavy (non-hydrogen) atoms. The van der Waals surface area contributed by atoms with Crippen molar-refractivity contribution in [3.63, 3.8) is 0 Å². The molecule has 0 aliphatic heterocycles. The van der Waals surface area contributed by atoms with E-state index in [0.29, 0.717) is 10.7 Å². The van der Waals surface area contributed by atoms with E-state index in [4.69, 9.17) is 0 Å². The highest BCUT2D eigenvalue weighted by molar-refractivity contribution is 9.09. The Morgan fingerprint density at radius 2 is 1.95 bits per heavy atom. The molecule has 0 heterocycles. The van der Waals surface area contributed by atoms with Crippen LogP contribution < -0.4 is 0 Å². The van der Waals surface area contributed by atoms with E-state index in [-0.39, 0.29) is 11.2 Å². The largest absolute Gasteiger partial charge is 0.207 e. The second-order valence-electron chi connectivity index (χ2n) is 6.73. The lowest BCUT2D eigenvalue weighted by Gasteiger charge is -2.42. The lowest BCUT2D eigenvalue weighted by molar-refractivity contribution is 0.213. The normalized spacial score (nSPS) is 28.4. The molecule has 1 fully saturated rings. The molecule has 106 valence electrons. The number of halogens is 2. The number of hydrogen-bond acceptors (Lipinski definition) is 0. The van der Waals surface area contributed by atoms with Gasteiger partial charge in [0.15, 0.2) is 0 Å². The first-order valence-electron chi connectivity index (χ1n) is 7.23. The van der Waals surface area contributed by atoms with Crippen LogP contribution in [0.3, 0.4) is 0 Å². The predicted molar refractivity (Wildman–Crippen MR) is 83.4 cm³/mol. The minimum atomic E-state index is -0.0825. The van der Waals surface area contributed by atoms with Crippen molar-refractivity contribution in [1.29, 1.82) is 0 Å². The molecule has 0 amide bonds. The molecule has 0 radical (unpaired) electrons. The van der Waals surface area contributed by atoms with Gasteiger partial charge in [-0.15, -0.1) is 0 Å².